The molecule has 0 radical (unpaired) electrons. The summed E-state index contributed by atoms with van der Waals surface area (Å²) in [4.78, 5) is 15.5. The van der Waals surface area contributed by atoms with Crippen LogP contribution in [0.15, 0.2) is 97.4 Å². The number of rotatable bonds is 16. The maximum Gasteiger partial charge on any atom is 0.307 e. The van der Waals surface area contributed by atoms with Gasteiger partial charge >= 0.3 is 5.97 Å². The number of carboxylic acid groups (broad SMARTS) is 1. The van der Waals surface area contributed by atoms with Gasteiger partial charge in [0.2, 0.25) is 0 Å². The molecule has 166 valence electrons. The Bertz CT molecular complexity index is 754. The zero-order valence-corrected chi connectivity index (χ0v) is 18.8. The Hall–Kier alpha value is -2.94. The van der Waals surface area contributed by atoms with Crippen molar-refractivity contribution in [3.63, 3.8) is 0 Å². The zero-order chi connectivity index (χ0) is 22.4. The first-order chi connectivity index (χ1) is 15.2. The van der Waals surface area contributed by atoms with E-state index in [4.69, 9.17) is 0 Å². The van der Waals surface area contributed by atoms with Crippen LogP contribution >= 0.6 is 0 Å². The van der Waals surface area contributed by atoms with E-state index in [9.17, 15) is 9.90 Å². The van der Waals surface area contributed by atoms with E-state index in [0.29, 0.717) is 12.8 Å². The number of hydrogen-bond donors (Lipinski definition) is 1. The molecule has 0 saturated carbocycles. The molecule has 0 aliphatic carbocycles. The number of carbonyl (C=O) groups is 1. The SMILES string of the molecule is CCC=CCC=CCC=CCC=CCC=CCC=CCC(Cc1cccnc1)C(=O)O. The van der Waals surface area contributed by atoms with Crippen LogP contribution in [0.4, 0.5) is 0 Å². The Labute approximate surface area is 188 Å². The van der Waals surface area contributed by atoms with Gasteiger partial charge in [-0.05, 0) is 63.0 Å². The van der Waals surface area contributed by atoms with E-state index in [1.54, 1.807) is 12.4 Å². The number of allylic oxidation sites excluding steroid dienone is 12. The highest BCUT2D eigenvalue weighted by molar-refractivity contribution is 5.70. The predicted octanol–water partition coefficient (Wildman–Crippen LogP) is 7.41. The minimum atomic E-state index is -0.761. The molecule has 31 heavy (non-hydrogen) atoms. The normalized spacial score (nSPS) is 13.7. The van der Waals surface area contributed by atoms with Gasteiger partial charge in [-0.25, -0.2) is 0 Å². The summed E-state index contributed by atoms with van der Waals surface area (Å²) in [6.45, 7) is 2.15. The van der Waals surface area contributed by atoms with Crippen LogP contribution < -0.4 is 0 Å². The van der Waals surface area contributed by atoms with E-state index in [2.05, 4.69) is 72.7 Å². The first-order valence-corrected chi connectivity index (χ1v) is 11.3. The fourth-order valence-electron chi connectivity index (χ4n) is 2.86. The van der Waals surface area contributed by atoms with Crippen LogP contribution in [0.5, 0.6) is 0 Å². The van der Waals surface area contributed by atoms with E-state index in [1.807, 2.05) is 24.3 Å². The summed E-state index contributed by atoms with van der Waals surface area (Å²) in [7, 11) is 0. The van der Waals surface area contributed by atoms with E-state index >= 15 is 0 Å². The number of nitrogens with zero attached hydrogens (tertiary/aromatic N) is 1. The van der Waals surface area contributed by atoms with Crippen molar-refractivity contribution in [2.45, 2.75) is 58.3 Å². The fourth-order valence-corrected chi connectivity index (χ4v) is 2.86. The summed E-state index contributed by atoms with van der Waals surface area (Å²) in [6.07, 6.45) is 36.1. The Morgan fingerprint density at radius 2 is 1.32 bits per heavy atom. The van der Waals surface area contributed by atoms with Gasteiger partial charge in [0.1, 0.15) is 0 Å². The molecule has 0 amide bonds. The molecule has 1 aromatic rings. The summed E-state index contributed by atoms with van der Waals surface area (Å²) >= 11 is 0. The molecule has 0 aliphatic rings. The molecule has 1 unspecified atom stereocenters. The third kappa shape index (κ3) is 15.5. The minimum Gasteiger partial charge on any atom is -0.481 e. The first kappa shape index (κ1) is 26.1. The second-order valence-corrected chi connectivity index (χ2v) is 7.25. The van der Waals surface area contributed by atoms with Gasteiger partial charge in [-0.2, -0.15) is 0 Å². The smallest absolute Gasteiger partial charge is 0.307 e. The number of carboxylic acids is 1. The van der Waals surface area contributed by atoms with Crippen LogP contribution in [-0.2, 0) is 11.2 Å². The number of aromatic nitrogens is 1. The van der Waals surface area contributed by atoms with Crippen molar-refractivity contribution in [1.82, 2.24) is 4.98 Å². The second-order valence-electron chi connectivity index (χ2n) is 7.25. The zero-order valence-electron chi connectivity index (χ0n) is 18.8. The molecule has 0 spiro atoms. The highest BCUT2D eigenvalue weighted by atomic mass is 16.4. The topological polar surface area (TPSA) is 50.2 Å². The first-order valence-electron chi connectivity index (χ1n) is 11.3. The molecule has 3 nitrogen and oxygen atoms in total. The van der Waals surface area contributed by atoms with E-state index in [1.165, 1.54) is 0 Å². The van der Waals surface area contributed by atoms with E-state index < -0.39 is 11.9 Å². The van der Waals surface area contributed by atoms with Crippen LogP contribution in [-0.4, -0.2) is 16.1 Å². The third-order valence-corrected chi connectivity index (χ3v) is 4.57. The van der Waals surface area contributed by atoms with Crippen molar-refractivity contribution < 1.29 is 9.90 Å². The lowest BCUT2D eigenvalue weighted by Gasteiger charge is -2.09. The second kappa shape index (κ2) is 19.0. The Kier molecular flexibility index (Phi) is 16.0. The number of hydrogen-bond acceptors (Lipinski definition) is 2. The molecule has 0 bridgehead atoms. The van der Waals surface area contributed by atoms with E-state index in [-0.39, 0.29) is 0 Å². The largest absolute Gasteiger partial charge is 0.481 e. The number of aliphatic carboxylic acids is 1. The predicted molar refractivity (Wildman–Crippen MR) is 132 cm³/mol. The van der Waals surface area contributed by atoms with Gasteiger partial charge in [0.15, 0.2) is 0 Å². The van der Waals surface area contributed by atoms with Gasteiger partial charge in [0, 0.05) is 12.4 Å². The Morgan fingerprint density at radius 1 is 0.839 bits per heavy atom. The average Bonchev–Trinajstić information content (AvgIpc) is 2.78. The van der Waals surface area contributed by atoms with Gasteiger partial charge in [0.05, 0.1) is 5.92 Å². The third-order valence-electron chi connectivity index (χ3n) is 4.57. The van der Waals surface area contributed by atoms with Crippen molar-refractivity contribution in [1.29, 1.82) is 0 Å². The summed E-state index contributed by atoms with van der Waals surface area (Å²) in [5, 5.41) is 9.39. The maximum atomic E-state index is 11.4. The Morgan fingerprint density at radius 3 is 1.74 bits per heavy atom. The molecule has 0 aromatic carbocycles. The highest BCUT2D eigenvalue weighted by Gasteiger charge is 2.16. The Balaban J connectivity index is 2.12. The van der Waals surface area contributed by atoms with Gasteiger partial charge < -0.3 is 5.11 Å². The highest BCUT2D eigenvalue weighted by Crippen LogP contribution is 2.13. The average molecular weight is 420 g/mol. The molecule has 1 rings (SSSR count). The maximum absolute atomic E-state index is 11.4. The molecule has 1 atom stereocenters. The fraction of sp³-hybridized carbons (Fsp3) is 0.357. The lowest BCUT2D eigenvalue weighted by molar-refractivity contribution is -0.141. The molecule has 0 fully saturated rings. The van der Waals surface area contributed by atoms with Crippen LogP contribution in [0.2, 0.25) is 0 Å². The molecule has 3 heteroatoms. The quantitative estimate of drug-likeness (QED) is 0.284. The molecule has 0 saturated heterocycles. The minimum absolute atomic E-state index is 0.409. The van der Waals surface area contributed by atoms with Crippen LogP contribution in [0.25, 0.3) is 0 Å². The summed E-state index contributed by atoms with van der Waals surface area (Å²) in [6, 6.07) is 3.76. The molecule has 1 N–H and O–H groups in total. The van der Waals surface area contributed by atoms with Crippen molar-refractivity contribution >= 4 is 5.97 Å². The lowest BCUT2D eigenvalue weighted by atomic mass is 9.97. The van der Waals surface area contributed by atoms with Crippen molar-refractivity contribution in [2.24, 2.45) is 5.92 Å². The van der Waals surface area contributed by atoms with Crippen LogP contribution in [0.3, 0.4) is 0 Å². The van der Waals surface area contributed by atoms with E-state index in [0.717, 1.165) is 44.1 Å². The van der Waals surface area contributed by atoms with Crippen LogP contribution in [0, 0.1) is 5.92 Å². The number of pyridine rings is 1. The summed E-state index contributed by atoms with van der Waals surface area (Å²) in [5.74, 6) is -1.17. The standard InChI is InChI=1S/C28H37NO2/c1-2-3-4-5-6-7-8-9-10-11-12-13-14-15-16-17-18-19-22-27(28(30)31)24-26-21-20-23-29-25-26/h3-4,6-7,9-10,12-13,15-16,18-21,23,25,27H,2,5,8,11,14,17,22,24H2,1H3,(H,30,31). The summed E-state index contributed by atoms with van der Waals surface area (Å²) < 4.78 is 0. The molecule has 1 aromatic heterocycles. The van der Waals surface area contributed by atoms with Gasteiger partial charge in [-0.15, -0.1) is 0 Å². The molecule has 1 heterocycles. The van der Waals surface area contributed by atoms with Crippen molar-refractivity contribution in [3.8, 4) is 0 Å². The summed E-state index contributed by atoms with van der Waals surface area (Å²) in [5.41, 5.74) is 0.959. The molecular formula is C28H37NO2. The van der Waals surface area contributed by atoms with Gasteiger partial charge in [-0.3, -0.25) is 9.78 Å². The van der Waals surface area contributed by atoms with Crippen LogP contribution in [0.1, 0.15) is 57.4 Å². The molecule has 0 aliphatic heterocycles. The lowest BCUT2D eigenvalue weighted by Crippen LogP contribution is -2.15. The van der Waals surface area contributed by atoms with Crippen molar-refractivity contribution in [2.75, 3.05) is 0 Å². The molecular weight excluding hydrogens is 382 g/mol. The van der Waals surface area contributed by atoms with Gasteiger partial charge in [-0.1, -0.05) is 85.9 Å². The van der Waals surface area contributed by atoms with Gasteiger partial charge in [0.25, 0.3) is 0 Å². The van der Waals surface area contributed by atoms with Crippen molar-refractivity contribution in [3.05, 3.63) is 103 Å². The monoisotopic (exact) mass is 419 g/mol.